The highest BCUT2D eigenvalue weighted by atomic mass is 16.6. The lowest BCUT2D eigenvalue weighted by Gasteiger charge is -2.32. The first-order chi connectivity index (χ1) is 12.2. The van der Waals surface area contributed by atoms with E-state index in [4.69, 9.17) is 4.74 Å². The summed E-state index contributed by atoms with van der Waals surface area (Å²) in [4.78, 5) is 16.9. The second-order valence-electron chi connectivity index (χ2n) is 6.29. The van der Waals surface area contributed by atoms with Crippen molar-refractivity contribution in [2.24, 2.45) is 0 Å². The number of aromatic nitrogens is 1. The minimum atomic E-state index is -0.943. The first-order valence-electron chi connectivity index (χ1n) is 8.51. The molecular formula is C22H19NO2. The molecule has 3 heteroatoms. The molecule has 3 nitrogen and oxygen atoms in total. The van der Waals surface area contributed by atoms with E-state index in [2.05, 4.69) is 17.1 Å². The van der Waals surface area contributed by atoms with E-state index in [9.17, 15) is 4.79 Å². The quantitative estimate of drug-likeness (QED) is 0.658. The molecule has 1 heterocycles. The Morgan fingerprint density at radius 1 is 1.00 bits per heavy atom. The number of hydrogen-bond donors (Lipinski definition) is 0. The van der Waals surface area contributed by atoms with E-state index in [1.54, 1.807) is 0 Å². The molecule has 0 radical (unpaired) electrons. The van der Waals surface area contributed by atoms with Gasteiger partial charge in [-0.3, -0.25) is 9.78 Å². The molecule has 0 N–H and O–H groups in total. The number of carbonyl (C=O) groups excluding carboxylic acids is 1. The number of ether oxygens (including phenoxy) is 1. The molecule has 2 aromatic carbocycles. The van der Waals surface area contributed by atoms with Gasteiger partial charge in [0.25, 0.3) is 0 Å². The van der Waals surface area contributed by atoms with Gasteiger partial charge in [0.15, 0.2) is 5.60 Å². The fourth-order valence-corrected chi connectivity index (χ4v) is 3.63. The first kappa shape index (κ1) is 15.6. The molecule has 1 aromatic heterocycles. The van der Waals surface area contributed by atoms with Crippen LogP contribution in [0.1, 0.15) is 35.7 Å². The molecule has 0 fully saturated rings. The van der Waals surface area contributed by atoms with E-state index in [1.165, 1.54) is 0 Å². The zero-order valence-electron chi connectivity index (χ0n) is 14.3. The van der Waals surface area contributed by atoms with E-state index in [0.717, 1.165) is 33.5 Å². The minimum absolute atomic E-state index is 0.230. The average molecular weight is 329 g/mol. The number of aryl methyl sites for hydroxylation is 1. The Balaban J connectivity index is 2.09. The lowest BCUT2D eigenvalue weighted by molar-refractivity contribution is -0.152. The van der Waals surface area contributed by atoms with Gasteiger partial charge in [-0.15, -0.1) is 0 Å². The molecule has 0 bridgehead atoms. The zero-order chi connectivity index (χ0) is 17.4. The Hall–Kier alpha value is -2.94. The molecule has 0 saturated heterocycles. The van der Waals surface area contributed by atoms with Crippen LogP contribution < -0.4 is 0 Å². The Kier molecular flexibility index (Phi) is 3.65. The standard InChI is InChI=1S/C22H19NO2/c1-3-21(24)25-22(16-9-5-4-6-10-16)19-12-8-7-11-17(19)18-13-15(2)23-14-20(18)22/h4-14H,3H2,1-2H3. The predicted octanol–water partition coefficient (Wildman–Crippen LogP) is 4.62. The summed E-state index contributed by atoms with van der Waals surface area (Å²) in [6, 6.07) is 20.1. The van der Waals surface area contributed by atoms with Crippen molar-refractivity contribution in [3.8, 4) is 11.1 Å². The van der Waals surface area contributed by atoms with E-state index < -0.39 is 5.60 Å². The van der Waals surface area contributed by atoms with E-state index in [1.807, 2.05) is 68.6 Å². The number of rotatable bonds is 3. The number of nitrogens with zero attached hydrogens (tertiary/aromatic N) is 1. The highest BCUT2D eigenvalue weighted by Gasteiger charge is 2.48. The molecule has 0 amide bonds. The summed E-state index contributed by atoms with van der Waals surface area (Å²) in [6.07, 6.45) is 2.17. The third-order valence-electron chi connectivity index (χ3n) is 4.75. The minimum Gasteiger partial charge on any atom is -0.444 e. The van der Waals surface area contributed by atoms with Crippen LogP contribution in [0.3, 0.4) is 0 Å². The molecule has 0 aliphatic heterocycles. The normalized spacial score (nSPS) is 17.7. The Morgan fingerprint density at radius 2 is 1.72 bits per heavy atom. The molecule has 25 heavy (non-hydrogen) atoms. The number of pyridine rings is 1. The summed E-state index contributed by atoms with van der Waals surface area (Å²) in [5.74, 6) is -0.230. The molecule has 124 valence electrons. The predicted molar refractivity (Wildman–Crippen MR) is 97.1 cm³/mol. The number of fused-ring (bicyclic) bond motifs is 3. The summed E-state index contributed by atoms with van der Waals surface area (Å²) in [5, 5.41) is 0. The summed E-state index contributed by atoms with van der Waals surface area (Å²) in [7, 11) is 0. The molecule has 1 atom stereocenters. The van der Waals surface area contributed by atoms with Crippen LogP contribution >= 0.6 is 0 Å². The molecule has 1 aliphatic carbocycles. The van der Waals surface area contributed by atoms with Gasteiger partial charge < -0.3 is 4.74 Å². The maximum atomic E-state index is 12.4. The molecule has 0 saturated carbocycles. The largest absolute Gasteiger partial charge is 0.444 e. The van der Waals surface area contributed by atoms with Crippen molar-refractivity contribution in [1.29, 1.82) is 0 Å². The van der Waals surface area contributed by atoms with Crippen LogP contribution in [-0.2, 0) is 15.1 Å². The summed E-state index contributed by atoms with van der Waals surface area (Å²) < 4.78 is 6.15. The smallest absolute Gasteiger partial charge is 0.307 e. The van der Waals surface area contributed by atoms with E-state index in [-0.39, 0.29) is 5.97 Å². The van der Waals surface area contributed by atoms with Gasteiger partial charge in [0.05, 0.1) is 0 Å². The van der Waals surface area contributed by atoms with Gasteiger partial charge in [-0.2, -0.15) is 0 Å². The van der Waals surface area contributed by atoms with Crippen LogP contribution in [0.2, 0.25) is 0 Å². The van der Waals surface area contributed by atoms with Crippen LogP contribution in [0.5, 0.6) is 0 Å². The Bertz CT molecular complexity index is 949. The van der Waals surface area contributed by atoms with E-state index in [0.29, 0.717) is 6.42 Å². The van der Waals surface area contributed by atoms with Gasteiger partial charge in [-0.25, -0.2) is 0 Å². The van der Waals surface area contributed by atoms with Gasteiger partial charge in [-0.05, 0) is 24.1 Å². The van der Waals surface area contributed by atoms with Crippen LogP contribution in [0.15, 0.2) is 66.9 Å². The van der Waals surface area contributed by atoms with Crippen molar-refractivity contribution >= 4 is 5.97 Å². The molecule has 3 aromatic rings. The lowest BCUT2D eigenvalue weighted by atomic mass is 9.84. The van der Waals surface area contributed by atoms with Gasteiger partial charge in [0.2, 0.25) is 0 Å². The molecule has 0 spiro atoms. The third kappa shape index (κ3) is 2.27. The number of benzene rings is 2. The maximum Gasteiger partial charge on any atom is 0.307 e. The van der Waals surface area contributed by atoms with Crippen molar-refractivity contribution < 1.29 is 9.53 Å². The van der Waals surface area contributed by atoms with Gasteiger partial charge in [0.1, 0.15) is 0 Å². The van der Waals surface area contributed by atoms with Crippen LogP contribution in [-0.4, -0.2) is 11.0 Å². The zero-order valence-corrected chi connectivity index (χ0v) is 14.3. The number of esters is 1. The van der Waals surface area contributed by atoms with Gasteiger partial charge in [-0.1, -0.05) is 61.5 Å². The molecule has 1 aliphatic rings. The highest BCUT2D eigenvalue weighted by Crippen LogP contribution is 2.53. The van der Waals surface area contributed by atoms with Crippen LogP contribution in [0.25, 0.3) is 11.1 Å². The van der Waals surface area contributed by atoms with Crippen molar-refractivity contribution in [2.75, 3.05) is 0 Å². The van der Waals surface area contributed by atoms with Gasteiger partial charge >= 0.3 is 5.97 Å². The Morgan fingerprint density at radius 3 is 2.48 bits per heavy atom. The summed E-state index contributed by atoms with van der Waals surface area (Å²) in [5.41, 5.74) is 5.03. The van der Waals surface area contributed by atoms with Crippen LogP contribution in [0, 0.1) is 6.92 Å². The topological polar surface area (TPSA) is 39.2 Å². The number of carbonyl (C=O) groups is 1. The average Bonchev–Trinajstić information content (AvgIpc) is 2.93. The van der Waals surface area contributed by atoms with Crippen molar-refractivity contribution in [3.63, 3.8) is 0 Å². The maximum absolute atomic E-state index is 12.4. The monoisotopic (exact) mass is 329 g/mol. The van der Waals surface area contributed by atoms with Crippen molar-refractivity contribution in [1.82, 2.24) is 4.98 Å². The molecule has 1 unspecified atom stereocenters. The fourth-order valence-electron chi connectivity index (χ4n) is 3.63. The SMILES string of the molecule is CCC(=O)OC1(c2ccccc2)c2ccccc2-c2cc(C)ncc21. The third-order valence-corrected chi connectivity index (χ3v) is 4.75. The highest BCUT2D eigenvalue weighted by molar-refractivity contribution is 5.84. The first-order valence-corrected chi connectivity index (χ1v) is 8.51. The molecule has 4 rings (SSSR count). The second-order valence-corrected chi connectivity index (χ2v) is 6.29. The number of hydrogen-bond acceptors (Lipinski definition) is 3. The van der Waals surface area contributed by atoms with Gasteiger partial charge in [0, 0.05) is 35.0 Å². The van der Waals surface area contributed by atoms with Crippen LogP contribution in [0.4, 0.5) is 0 Å². The molecular weight excluding hydrogens is 310 g/mol. The second kappa shape index (κ2) is 5.85. The Labute approximate surface area is 147 Å². The summed E-state index contributed by atoms with van der Waals surface area (Å²) in [6.45, 7) is 3.79. The van der Waals surface area contributed by atoms with Crippen molar-refractivity contribution in [2.45, 2.75) is 25.9 Å². The van der Waals surface area contributed by atoms with Crippen molar-refractivity contribution in [3.05, 3.63) is 89.2 Å². The lowest BCUT2D eigenvalue weighted by Crippen LogP contribution is -2.33. The fraction of sp³-hybridized carbons (Fsp3) is 0.182. The summed E-state index contributed by atoms with van der Waals surface area (Å²) >= 11 is 0. The van der Waals surface area contributed by atoms with E-state index >= 15 is 0 Å².